The Hall–Kier alpha value is -1.06. The zero-order valence-electron chi connectivity index (χ0n) is 7.12. The van der Waals surface area contributed by atoms with Crippen molar-refractivity contribution in [3.05, 3.63) is 0 Å². The predicted octanol–water partition coefficient (Wildman–Crippen LogP) is 0.433. The van der Waals surface area contributed by atoms with Gasteiger partial charge in [0.1, 0.15) is 6.04 Å². The smallest absolute Gasteiger partial charge is 0.312 e. The molecule has 12 heavy (non-hydrogen) atoms. The fourth-order valence-corrected chi connectivity index (χ4v) is 1.93. The summed E-state index contributed by atoms with van der Waals surface area (Å²) in [6.45, 7) is 0.750. The highest BCUT2D eigenvalue weighted by Crippen LogP contribution is 2.25. The molecule has 0 spiro atoms. The van der Waals surface area contributed by atoms with Crippen molar-refractivity contribution in [2.75, 3.05) is 13.6 Å². The van der Waals surface area contributed by atoms with Gasteiger partial charge in [0.25, 0.3) is 5.91 Å². The number of imide groups is 1. The van der Waals surface area contributed by atoms with Crippen LogP contribution in [0.4, 0.5) is 4.79 Å². The van der Waals surface area contributed by atoms with E-state index in [1.54, 1.807) is 11.9 Å². The monoisotopic (exact) mass is 168 g/mol. The van der Waals surface area contributed by atoms with Crippen LogP contribution in [-0.4, -0.2) is 41.4 Å². The number of hydrogen-bond acceptors (Lipinski definition) is 2. The van der Waals surface area contributed by atoms with E-state index in [9.17, 15) is 9.59 Å². The number of likely N-dealkylation sites (N-methyl/N-ethyl adjacent to an activating group) is 1. The first-order valence-electron chi connectivity index (χ1n) is 4.30. The number of carbonyl (C=O) groups is 2. The molecule has 0 bridgehead atoms. The SMILES string of the molecule is CN1C(=O)C2CCCCN2C1=O. The Labute approximate surface area is 71.1 Å². The summed E-state index contributed by atoms with van der Waals surface area (Å²) >= 11 is 0. The standard InChI is InChI=1S/C8H12N2O2/c1-9-7(11)6-4-2-3-5-10(6)8(9)12/h6H,2-5H2,1H3. The zero-order valence-corrected chi connectivity index (χ0v) is 7.12. The number of rotatable bonds is 0. The third kappa shape index (κ3) is 0.838. The molecule has 0 radical (unpaired) electrons. The van der Waals surface area contributed by atoms with Gasteiger partial charge in [0.05, 0.1) is 0 Å². The van der Waals surface area contributed by atoms with Gasteiger partial charge in [0.2, 0.25) is 0 Å². The minimum atomic E-state index is -0.142. The van der Waals surface area contributed by atoms with Crippen LogP contribution in [-0.2, 0) is 4.79 Å². The van der Waals surface area contributed by atoms with E-state index in [0.717, 1.165) is 25.8 Å². The highest BCUT2D eigenvalue weighted by atomic mass is 16.2. The Morgan fingerprint density at radius 2 is 2.08 bits per heavy atom. The quantitative estimate of drug-likeness (QED) is 0.492. The van der Waals surface area contributed by atoms with Crippen molar-refractivity contribution >= 4 is 11.9 Å². The maximum Gasteiger partial charge on any atom is 0.327 e. The number of amides is 3. The maximum atomic E-state index is 11.4. The van der Waals surface area contributed by atoms with Crippen LogP contribution in [0.5, 0.6) is 0 Å². The van der Waals surface area contributed by atoms with Gasteiger partial charge < -0.3 is 4.90 Å². The lowest BCUT2D eigenvalue weighted by molar-refractivity contribution is -0.127. The van der Waals surface area contributed by atoms with Crippen LogP contribution < -0.4 is 0 Å². The third-order valence-electron chi connectivity index (χ3n) is 2.65. The van der Waals surface area contributed by atoms with Crippen molar-refractivity contribution in [2.45, 2.75) is 25.3 Å². The van der Waals surface area contributed by atoms with E-state index in [-0.39, 0.29) is 18.0 Å². The van der Waals surface area contributed by atoms with E-state index in [0.29, 0.717) is 0 Å². The van der Waals surface area contributed by atoms with Crippen molar-refractivity contribution in [1.29, 1.82) is 0 Å². The highest BCUT2D eigenvalue weighted by Gasteiger charge is 2.43. The molecule has 0 N–H and O–H groups in total. The summed E-state index contributed by atoms with van der Waals surface area (Å²) in [4.78, 5) is 25.7. The summed E-state index contributed by atoms with van der Waals surface area (Å²) in [5.41, 5.74) is 0. The van der Waals surface area contributed by atoms with Gasteiger partial charge in [-0.15, -0.1) is 0 Å². The maximum absolute atomic E-state index is 11.4. The topological polar surface area (TPSA) is 40.6 Å². The zero-order chi connectivity index (χ0) is 8.72. The first-order valence-corrected chi connectivity index (χ1v) is 4.30. The van der Waals surface area contributed by atoms with Gasteiger partial charge in [-0.05, 0) is 19.3 Å². The second kappa shape index (κ2) is 2.47. The van der Waals surface area contributed by atoms with Crippen molar-refractivity contribution in [3.63, 3.8) is 0 Å². The summed E-state index contributed by atoms with van der Waals surface area (Å²) in [7, 11) is 1.56. The van der Waals surface area contributed by atoms with E-state index in [1.807, 2.05) is 0 Å². The van der Waals surface area contributed by atoms with E-state index < -0.39 is 0 Å². The molecule has 2 saturated heterocycles. The molecule has 1 atom stereocenters. The van der Waals surface area contributed by atoms with E-state index in [4.69, 9.17) is 0 Å². The summed E-state index contributed by atoms with van der Waals surface area (Å²) in [5, 5.41) is 0. The Balaban J connectivity index is 2.25. The molecule has 1 unspecified atom stereocenters. The van der Waals surface area contributed by atoms with Crippen molar-refractivity contribution in [2.24, 2.45) is 0 Å². The molecule has 0 aliphatic carbocycles. The molecule has 2 aliphatic rings. The van der Waals surface area contributed by atoms with Crippen LogP contribution >= 0.6 is 0 Å². The predicted molar refractivity (Wildman–Crippen MR) is 42.5 cm³/mol. The molecule has 0 aromatic carbocycles. The molecule has 66 valence electrons. The summed E-state index contributed by atoms with van der Waals surface area (Å²) in [6.07, 6.45) is 2.94. The molecule has 3 amide bonds. The van der Waals surface area contributed by atoms with Gasteiger partial charge >= 0.3 is 6.03 Å². The molecule has 2 heterocycles. The Kier molecular flexibility index (Phi) is 1.56. The lowest BCUT2D eigenvalue weighted by atomic mass is 10.0. The van der Waals surface area contributed by atoms with Gasteiger partial charge in [0.15, 0.2) is 0 Å². The van der Waals surface area contributed by atoms with Crippen LogP contribution in [0.1, 0.15) is 19.3 Å². The molecule has 0 aromatic heterocycles. The minimum absolute atomic E-state index is 0.0281. The number of nitrogens with zero attached hydrogens (tertiary/aromatic N) is 2. The van der Waals surface area contributed by atoms with E-state index in [2.05, 4.69) is 0 Å². The first kappa shape index (κ1) is 7.58. The Morgan fingerprint density at radius 1 is 1.33 bits per heavy atom. The second-order valence-electron chi connectivity index (χ2n) is 3.38. The Morgan fingerprint density at radius 3 is 2.75 bits per heavy atom. The molecule has 2 fully saturated rings. The fourth-order valence-electron chi connectivity index (χ4n) is 1.93. The van der Waals surface area contributed by atoms with Crippen molar-refractivity contribution in [3.8, 4) is 0 Å². The molecule has 0 aromatic rings. The highest BCUT2D eigenvalue weighted by molar-refractivity contribution is 6.03. The molecular weight excluding hydrogens is 156 g/mol. The van der Waals surface area contributed by atoms with Gasteiger partial charge in [-0.1, -0.05) is 0 Å². The summed E-state index contributed by atoms with van der Waals surface area (Å²) in [6, 6.07) is -0.263. The van der Waals surface area contributed by atoms with Crippen LogP contribution in [0.15, 0.2) is 0 Å². The van der Waals surface area contributed by atoms with Gasteiger partial charge in [0, 0.05) is 13.6 Å². The minimum Gasteiger partial charge on any atom is -0.312 e. The summed E-state index contributed by atoms with van der Waals surface area (Å²) in [5.74, 6) is -0.0281. The average Bonchev–Trinajstić information content (AvgIpc) is 2.33. The summed E-state index contributed by atoms with van der Waals surface area (Å²) < 4.78 is 0. The van der Waals surface area contributed by atoms with Crippen LogP contribution in [0.25, 0.3) is 0 Å². The van der Waals surface area contributed by atoms with Crippen molar-refractivity contribution in [1.82, 2.24) is 9.80 Å². The van der Waals surface area contributed by atoms with E-state index in [1.165, 1.54) is 4.90 Å². The van der Waals surface area contributed by atoms with Gasteiger partial charge in [-0.2, -0.15) is 0 Å². The third-order valence-corrected chi connectivity index (χ3v) is 2.65. The fraction of sp³-hybridized carbons (Fsp3) is 0.750. The molecule has 4 nitrogen and oxygen atoms in total. The molecule has 2 aliphatic heterocycles. The molecule has 0 saturated carbocycles. The van der Waals surface area contributed by atoms with Crippen LogP contribution in [0.3, 0.4) is 0 Å². The van der Waals surface area contributed by atoms with Crippen LogP contribution in [0.2, 0.25) is 0 Å². The van der Waals surface area contributed by atoms with Crippen LogP contribution in [0, 0.1) is 0 Å². The number of piperidine rings is 1. The average molecular weight is 168 g/mol. The van der Waals surface area contributed by atoms with Crippen molar-refractivity contribution < 1.29 is 9.59 Å². The molecule has 2 rings (SSSR count). The normalized spacial score (nSPS) is 29.6. The number of carbonyl (C=O) groups excluding carboxylic acids is 2. The Bertz CT molecular complexity index is 215. The number of fused-ring (bicyclic) bond motifs is 1. The lowest BCUT2D eigenvalue weighted by Crippen LogP contribution is -2.38. The largest absolute Gasteiger partial charge is 0.327 e. The molecule has 4 heteroatoms. The molecular formula is C8H12N2O2. The number of urea groups is 1. The van der Waals surface area contributed by atoms with E-state index >= 15 is 0 Å². The van der Waals surface area contributed by atoms with Gasteiger partial charge in [-0.3, -0.25) is 9.69 Å². The lowest BCUT2D eigenvalue weighted by Gasteiger charge is -2.25. The first-order chi connectivity index (χ1) is 5.72. The van der Waals surface area contributed by atoms with Gasteiger partial charge in [-0.25, -0.2) is 4.79 Å². The second-order valence-corrected chi connectivity index (χ2v) is 3.38. The number of hydrogen-bond donors (Lipinski definition) is 0.